The number of aliphatic hydroxyl groups excluding tert-OH is 2. The lowest BCUT2D eigenvalue weighted by Crippen LogP contribution is -2.63. The van der Waals surface area contributed by atoms with Crippen LogP contribution in [-0.2, 0) is 4.79 Å². The zero-order chi connectivity index (χ0) is 18.1. The molecule has 2 heterocycles. The van der Waals surface area contributed by atoms with E-state index in [0.717, 1.165) is 25.1 Å². The second-order valence-corrected chi connectivity index (χ2v) is 8.82. The summed E-state index contributed by atoms with van der Waals surface area (Å²) in [5.41, 5.74) is 12.0. The van der Waals surface area contributed by atoms with Gasteiger partial charge < -0.3 is 26.6 Å². The molecule has 0 saturated carbocycles. The third kappa shape index (κ3) is 3.89. The van der Waals surface area contributed by atoms with E-state index in [-0.39, 0.29) is 22.7 Å². The number of thioether (sulfide) groups is 1. The Morgan fingerprint density at radius 2 is 1.88 bits per heavy atom. The molecule has 0 aromatic carbocycles. The Labute approximate surface area is 148 Å². The summed E-state index contributed by atoms with van der Waals surface area (Å²) in [7, 11) is 0. The van der Waals surface area contributed by atoms with Crippen LogP contribution in [0.2, 0.25) is 0 Å². The van der Waals surface area contributed by atoms with Gasteiger partial charge in [-0.1, -0.05) is 13.8 Å². The van der Waals surface area contributed by atoms with Gasteiger partial charge in [0.2, 0.25) is 5.91 Å². The average Bonchev–Trinajstić information content (AvgIpc) is 2.94. The van der Waals surface area contributed by atoms with E-state index in [4.69, 9.17) is 11.5 Å². The lowest BCUT2D eigenvalue weighted by molar-refractivity contribution is -0.140. The molecule has 1 amide bonds. The maximum Gasteiger partial charge on any atom is 0.243 e. The van der Waals surface area contributed by atoms with Crippen molar-refractivity contribution in [3.05, 3.63) is 0 Å². The van der Waals surface area contributed by atoms with Crippen LogP contribution in [0.15, 0.2) is 0 Å². The Hall–Kier alpha value is -0.380. The molecule has 2 saturated heterocycles. The third-order valence-electron chi connectivity index (χ3n) is 5.20. The van der Waals surface area contributed by atoms with Crippen molar-refractivity contribution in [3.8, 4) is 0 Å². The predicted octanol–water partition coefficient (Wildman–Crippen LogP) is -0.636. The lowest BCUT2D eigenvalue weighted by atomic mass is 9.97. The normalized spacial score (nSPS) is 30.6. The number of likely N-dealkylation sites (tertiary alicyclic amines) is 1. The van der Waals surface area contributed by atoms with Gasteiger partial charge >= 0.3 is 0 Å². The van der Waals surface area contributed by atoms with E-state index in [0.29, 0.717) is 13.1 Å². The number of nitrogens with zero attached hydrogens (tertiary/aromatic N) is 2. The Bertz CT molecular complexity index is 451. The zero-order valence-electron chi connectivity index (χ0n) is 14.9. The fourth-order valence-electron chi connectivity index (χ4n) is 3.49. The minimum absolute atomic E-state index is 0.176. The first-order valence-electron chi connectivity index (χ1n) is 8.76. The lowest BCUT2D eigenvalue weighted by Gasteiger charge is -2.48. The summed E-state index contributed by atoms with van der Waals surface area (Å²) in [5.74, 6) is 0.813. The predicted molar refractivity (Wildman–Crippen MR) is 96.2 cm³/mol. The van der Waals surface area contributed by atoms with E-state index in [1.807, 2.05) is 23.6 Å². The molecular formula is C16H32N4O3S. The van der Waals surface area contributed by atoms with Crippen LogP contribution in [0.25, 0.3) is 0 Å². The molecule has 0 aromatic rings. The fraction of sp³-hybridized carbons (Fsp3) is 0.938. The van der Waals surface area contributed by atoms with Crippen LogP contribution < -0.4 is 11.5 Å². The second-order valence-electron chi connectivity index (χ2n) is 7.36. The molecule has 1 spiro atoms. The number of carbonyl (C=O) groups is 1. The van der Waals surface area contributed by atoms with Crippen LogP contribution in [0.4, 0.5) is 0 Å². The topological polar surface area (TPSA) is 116 Å². The van der Waals surface area contributed by atoms with Crippen LogP contribution in [0, 0.1) is 5.92 Å². The first kappa shape index (κ1) is 19.9. The van der Waals surface area contributed by atoms with E-state index in [9.17, 15) is 15.0 Å². The maximum atomic E-state index is 12.7. The van der Waals surface area contributed by atoms with Crippen molar-refractivity contribution in [1.82, 2.24) is 9.80 Å². The van der Waals surface area contributed by atoms with Crippen molar-refractivity contribution >= 4 is 17.7 Å². The number of piperidine rings is 1. The molecule has 0 aliphatic carbocycles. The fourth-order valence-corrected chi connectivity index (χ4v) is 5.03. The summed E-state index contributed by atoms with van der Waals surface area (Å²) in [4.78, 5) is 16.1. The highest BCUT2D eigenvalue weighted by molar-refractivity contribution is 8.00. The molecule has 0 radical (unpaired) electrons. The summed E-state index contributed by atoms with van der Waals surface area (Å²) >= 11 is 1.75. The van der Waals surface area contributed by atoms with Gasteiger partial charge in [0.05, 0.1) is 6.10 Å². The van der Waals surface area contributed by atoms with Gasteiger partial charge in [-0.25, -0.2) is 0 Å². The highest BCUT2D eigenvalue weighted by Crippen LogP contribution is 2.43. The summed E-state index contributed by atoms with van der Waals surface area (Å²) in [6.07, 6.45) is 0.170. The number of hydrogen-bond donors (Lipinski definition) is 4. The molecule has 5 atom stereocenters. The Balaban J connectivity index is 2.14. The summed E-state index contributed by atoms with van der Waals surface area (Å²) in [5, 5.41) is 20.3. The molecule has 2 rings (SSSR count). The van der Waals surface area contributed by atoms with Gasteiger partial charge in [-0.2, -0.15) is 0 Å². The van der Waals surface area contributed by atoms with Crippen molar-refractivity contribution in [2.45, 2.75) is 62.9 Å². The molecule has 8 heteroatoms. The summed E-state index contributed by atoms with van der Waals surface area (Å²) in [6.45, 7) is 7.51. The van der Waals surface area contributed by atoms with Gasteiger partial charge in [-0.15, -0.1) is 11.8 Å². The molecule has 2 aliphatic rings. The van der Waals surface area contributed by atoms with Gasteiger partial charge in [0, 0.05) is 31.4 Å². The Morgan fingerprint density at radius 3 is 2.46 bits per heavy atom. The minimum Gasteiger partial charge on any atom is -0.391 e. The number of aliphatic hydroxyl groups is 2. The first-order valence-corrected chi connectivity index (χ1v) is 9.75. The molecule has 7 nitrogen and oxygen atoms in total. The highest BCUT2D eigenvalue weighted by atomic mass is 32.2. The van der Waals surface area contributed by atoms with Crippen molar-refractivity contribution in [2.24, 2.45) is 17.4 Å². The molecule has 140 valence electrons. The van der Waals surface area contributed by atoms with Crippen LogP contribution in [0.5, 0.6) is 0 Å². The van der Waals surface area contributed by atoms with Crippen molar-refractivity contribution < 1.29 is 15.0 Å². The van der Waals surface area contributed by atoms with Gasteiger partial charge in [0.1, 0.15) is 17.1 Å². The monoisotopic (exact) mass is 360 g/mol. The van der Waals surface area contributed by atoms with Crippen molar-refractivity contribution in [3.63, 3.8) is 0 Å². The van der Waals surface area contributed by atoms with Gasteiger partial charge in [-0.3, -0.25) is 9.69 Å². The quantitative estimate of drug-likeness (QED) is 0.515. The van der Waals surface area contributed by atoms with E-state index in [2.05, 4.69) is 0 Å². The molecule has 0 aromatic heterocycles. The largest absolute Gasteiger partial charge is 0.391 e. The van der Waals surface area contributed by atoms with Crippen LogP contribution in [-0.4, -0.2) is 80.6 Å². The molecular weight excluding hydrogens is 328 g/mol. The highest BCUT2D eigenvalue weighted by Gasteiger charge is 2.49. The molecule has 0 bridgehead atoms. The maximum absolute atomic E-state index is 12.7. The van der Waals surface area contributed by atoms with Crippen LogP contribution in [0.3, 0.4) is 0 Å². The number of amides is 1. The minimum atomic E-state index is -0.904. The third-order valence-corrected chi connectivity index (χ3v) is 6.68. The van der Waals surface area contributed by atoms with Gasteiger partial charge in [-0.05, 0) is 25.7 Å². The van der Waals surface area contributed by atoms with E-state index < -0.39 is 18.4 Å². The SMILES string of the molecule is CC(C)[C@H](N)C(O)N1CCCC2(C1)SCCN2C(=O)[C@@H](N)[C@@H](C)O. The molecule has 2 unspecified atom stereocenters. The van der Waals surface area contributed by atoms with Crippen LogP contribution in [0.1, 0.15) is 33.6 Å². The van der Waals surface area contributed by atoms with E-state index in [1.165, 1.54) is 6.92 Å². The Kier molecular flexibility index (Phi) is 6.55. The van der Waals surface area contributed by atoms with E-state index >= 15 is 0 Å². The van der Waals surface area contributed by atoms with E-state index in [1.54, 1.807) is 11.8 Å². The van der Waals surface area contributed by atoms with Crippen molar-refractivity contribution in [2.75, 3.05) is 25.4 Å². The van der Waals surface area contributed by atoms with Gasteiger partial charge in [0.15, 0.2) is 0 Å². The van der Waals surface area contributed by atoms with Gasteiger partial charge in [0.25, 0.3) is 0 Å². The Morgan fingerprint density at radius 1 is 1.21 bits per heavy atom. The number of hydrogen-bond acceptors (Lipinski definition) is 7. The molecule has 6 N–H and O–H groups in total. The zero-order valence-corrected chi connectivity index (χ0v) is 15.7. The summed E-state index contributed by atoms with van der Waals surface area (Å²) < 4.78 is 0. The molecule has 24 heavy (non-hydrogen) atoms. The van der Waals surface area contributed by atoms with Crippen molar-refractivity contribution in [1.29, 1.82) is 0 Å². The first-order chi connectivity index (χ1) is 11.2. The second kappa shape index (κ2) is 7.88. The number of carbonyl (C=O) groups excluding carboxylic acids is 1. The number of nitrogens with two attached hydrogens (primary N) is 2. The average molecular weight is 361 g/mol. The molecule has 2 aliphatic heterocycles. The number of rotatable bonds is 5. The van der Waals surface area contributed by atoms with Crippen LogP contribution >= 0.6 is 11.8 Å². The summed E-state index contributed by atoms with van der Waals surface area (Å²) in [6, 6.07) is -1.23. The smallest absolute Gasteiger partial charge is 0.243 e. The molecule has 2 fully saturated rings. The standard InChI is InChI=1S/C16H32N4O3S/c1-10(2)12(17)14(22)19-6-4-5-16(9-19)20(7-8-24-16)15(23)13(18)11(3)21/h10-14,21-22H,4-9,17-18H2,1-3H3/t11-,12+,13+,14?,16?/m1/s1.